The molecule has 0 radical (unpaired) electrons. The number of aromatic nitrogens is 1. The maximum Gasteiger partial charge on any atom is 0.0512 e. The molecule has 1 N–H and O–H groups in total. The van der Waals surface area contributed by atoms with Crippen LogP contribution in [-0.2, 0) is 0 Å². The summed E-state index contributed by atoms with van der Waals surface area (Å²) in [4.78, 5) is 6.09. The summed E-state index contributed by atoms with van der Waals surface area (Å²) in [6.45, 7) is 1.02. The maximum absolute atomic E-state index is 9.17. The average Bonchev–Trinajstić information content (AvgIpc) is 2.15. The van der Waals surface area contributed by atoms with Crippen molar-refractivity contribution in [2.24, 2.45) is 0 Å². The van der Waals surface area contributed by atoms with Gasteiger partial charge in [-0.3, -0.25) is 4.98 Å². The summed E-state index contributed by atoms with van der Waals surface area (Å²) in [7, 11) is 4.00. The van der Waals surface area contributed by atoms with Crippen molar-refractivity contribution in [1.82, 2.24) is 9.88 Å². The van der Waals surface area contributed by atoms with E-state index in [4.69, 9.17) is 0 Å². The number of likely N-dealkylation sites (N-methyl/N-ethyl adjacent to an activating group) is 1. The zero-order chi connectivity index (χ0) is 9.68. The molecule has 0 saturated heterocycles. The van der Waals surface area contributed by atoms with E-state index in [1.807, 2.05) is 32.4 Å². The molecule has 0 amide bonds. The van der Waals surface area contributed by atoms with Crippen LogP contribution >= 0.6 is 0 Å². The molecule has 1 heterocycles. The van der Waals surface area contributed by atoms with Gasteiger partial charge in [0, 0.05) is 24.9 Å². The normalized spacial score (nSPS) is 13.2. The molecule has 0 aliphatic heterocycles. The molecule has 0 aliphatic rings. The van der Waals surface area contributed by atoms with Crippen LogP contribution in [0.3, 0.4) is 0 Å². The smallest absolute Gasteiger partial charge is 0.0512 e. The summed E-state index contributed by atoms with van der Waals surface area (Å²) in [6.07, 6.45) is 3.55. The van der Waals surface area contributed by atoms with Crippen LogP contribution in [0.5, 0.6) is 0 Å². The van der Waals surface area contributed by atoms with Crippen LogP contribution in [0.1, 0.15) is 11.5 Å². The molecule has 3 heteroatoms. The third-order valence-electron chi connectivity index (χ3n) is 1.96. The number of aliphatic hydroxyl groups excluding tert-OH is 1. The molecule has 1 unspecified atom stereocenters. The summed E-state index contributed by atoms with van der Waals surface area (Å²) in [5.74, 6) is 0.170. The van der Waals surface area contributed by atoms with E-state index in [0.29, 0.717) is 0 Å². The monoisotopic (exact) mass is 180 g/mol. The summed E-state index contributed by atoms with van der Waals surface area (Å²) in [6, 6.07) is 3.89. The van der Waals surface area contributed by atoms with Crippen LogP contribution in [-0.4, -0.2) is 42.2 Å². The molecule has 0 aliphatic carbocycles. The van der Waals surface area contributed by atoms with Gasteiger partial charge in [0.2, 0.25) is 0 Å². The lowest BCUT2D eigenvalue weighted by Gasteiger charge is -2.18. The fraction of sp³-hybridized carbons (Fsp3) is 0.500. The standard InChI is InChI=1S/C10H16N2O/c1-12(2)7-10(8-13)9-4-3-5-11-6-9/h3-6,10,13H,7-8H2,1-2H3. The van der Waals surface area contributed by atoms with Crippen molar-refractivity contribution in [3.63, 3.8) is 0 Å². The van der Waals surface area contributed by atoms with Gasteiger partial charge in [-0.25, -0.2) is 0 Å². The summed E-state index contributed by atoms with van der Waals surface area (Å²) >= 11 is 0. The van der Waals surface area contributed by atoms with Gasteiger partial charge in [-0.15, -0.1) is 0 Å². The number of nitrogens with zero attached hydrogens (tertiary/aromatic N) is 2. The quantitative estimate of drug-likeness (QED) is 0.741. The fourth-order valence-corrected chi connectivity index (χ4v) is 1.33. The molecule has 13 heavy (non-hydrogen) atoms. The molecule has 0 aromatic carbocycles. The number of hydrogen-bond acceptors (Lipinski definition) is 3. The molecular formula is C10H16N2O. The highest BCUT2D eigenvalue weighted by Crippen LogP contribution is 2.13. The molecule has 72 valence electrons. The second-order valence-electron chi connectivity index (χ2n) is 3.43. The van der Waals surface area contributed by atoms with Crippen molar-refractivity contribution in [3.05, 3.63) is 30.1 Å². The molecule has 0 spiro atoms. The Balaban J connectivity index is 2.67. The molecule has 3 nitrogen and oxygen atoms in total. The van der Waals surface area contributed by atoms with E-state index in [9.17, 15) is 5.11 Å². The SMILES string of the molecule is CN(C)CC(CO)c1cccnc1. The second-order valence-corrected chi connectivity index (χ2v) is 3.43. The van der Waals surface area contributed by atoms with Gasteiger partial charge in [0.15, 0.2) is 0 Å². The summed E-state index contributed by atoms with van der Waals surface area (Å²) in [5, 5.41) is 9.17. The second kappa shape index (κ2) is 4.94. The first-order valence-corrected chi connectivity index (χ1v) is 4.39. The zero-order valence-corrected chi connectivity index (χ0v) is 8.14. The molecule has 0 saturated carbocycles. The van der Waals surface area contributed by atoms with Gasteiger partial charge in [-0.05, 0) is 25.7 Å². The predicted molar refractivity (Wildman–Crippen MR) is 52.6 cm³/mol. The van der Waals surface area contributed by atoms with Crippen molar-refractivity contribution in [2.45, 2.75) is 5.92 Å². The van der Waals surface area contributed by atoms with E-state index in [0.717, 1.165) is 12.1 Å². The molecule has 0 fully saturated rings. The maximum atomic E-state index is 9.17. The fourth-order valence-electron chi connectivity index (χ4n) is 1.33. The van der Waals surface area contributed by atoms with Crippen LogP contribution < -0.4 is 0 Å². The van der Waals surface area contributed by atoms with Crippen LogP contribution in [0.4, 0.5) is 0 Å². The van der Waals surface area contributed by atoms with E-state index in [1.54, 1.807) is 6.20 Å². The number of rotatable bonds is 4. The van der Waals surface area contributed by atoms with Gasteiger partial charge in [-0.2, -0.15) is 0 Å². The highest BCUT2D eigenvalue weighted by molar-refractivity contribution is 5.15. The highest BCUT2D eigenvalue weighted by Gasteiger charge is 2.10. The number of hydrogen-bond donors (Lipinski definition) is 1. The minimum Gasteiger partial charge on any atom is -0.396 e. The van der Waals surface area contributed by atoms with Crippen molar-refractivity contribution in [3.8, 4) is 0 Å². The predicted octanol–water partition coefficient (Wildman–Crippen LogP) is 0.719. The van der Waals surface area contributed by atoms with E-state index < -0.39 is 0 Å². The van der Waals surface area contributed by atoms with E-state index in [1.165, 1.54) is 0 Å². The Morgan fingerprint density at radius 2 is 2.31 bits per heavy atom. The zero-order valence-electron chi connectivity index (χ0n) is 8.14. The molecule has 1 atom stereocenters. The minimum atomic E-state index is 0.170. The molecular weight excluding hydrogens is 164 g/mol. The van der Waals surface area contributed by atoms with Gasteiger partial charge in [0.05, 0.1) is 6.61 Å². The number of pyridine rings is 1. The Kier molecular flexibility index (Phi) is 3.86. The number of aliphatic hydroxyl groups is 1. The molecule has 0 bridgehead atoms. The van der Waals surface area contributed by atoms with Crippen LogP contribution in [0, 0.1) is 0 Å². The highest BCUT2D eigenvalue weighted by atomic mass is 16.3. The van der Waals surface area contributed by atoms with Crippen molar-refractivity contribution >= 4 is 0 Å². The third kappa shape index (κ3) is 3.13. The van der Waals surface area contributed by atoms with Gasteiger partial charge < -0.3 is 10.0 Å². The first kappa shape index (κ1) is 10.2. The first-order chi connectivity index (χ1) is 6.24. The van der Waals surface area contributed by atoms with Crippen LogP contribution in [0.15, 0.2) is 24.5 Å². The first-order valence-electron chi connectivity index (χ1n) is 4.39. The van der Waals surface area contributed by atoms with Gasteiger partial charge in [0.25, 0.3) is 0 Å². The van der Waals surface area contributed by atoms with Crippen LogP contribution in [0.25, 0.3) is 0 Å². The minimum absolute atomic E-state index is 0.170. The third-order valence-corrected chi connectivity index (χ3v) is 1.96. The van der Waals surface area contributed by atoms with E-state index in [-0.39, 0.29) is 12.5 Å². The Morgan fingerprint density at radius 3 is 2.77 bits per heavy atom. The van der Waals surface area contributed by atoms with Crippen LogP contribution in [0.2, 0.25) is 0 Å². The lowest BCUT2D eigenvalue weighted by molar-refractivity contribution is 0.234. The Morgan fingerprint density at radius 1 is 1.54 bits per heavy atom. The molecule has 1 aromatic rings. The average molecular weight is 180 g/mol. The summed E-state index contributed by atoms with van der Waals surface area (Å²) < 4.78 is 0. The van der Waals surface area contributed by atoms with Crippen molar-refractivity contribution in [1.29, 1.82) is 0 Å². The van der Waals surface area contributed by atoms with E-state index >= 15 is 0 Å². The van der Waals surface area contributed by atoms with Gasteiger partial charge >= 0.3 is 0 Å². The Hall–Kier alpha value is -0.930. The lowest BCUT2D eigenvalue weighted by Crippen LogP contribution is -2.22. The van der Waals surface area contributed by atoms with Crippen molar-refractivity contribution in [2.75, 3.05) is 27.2 Å². The van der Waals surface area contributed by atoms with Gasteiger partial charge in [-0.1, -0.05) is 6.07 Å². The van der Waals surface area contributed by atoms with Gasteiger partial charge in [0.1, 0.15) is 0 Å². The Labute approximate surface area is 79.0 Å². The molecule has 1 aromatic heterocycles. The topological polar surface area (TPSA) is 36.4 Å². The molecule has 1 rings (SSSR count). The van der Waals surface area contributed by atoms with Crippen molar-refractivity contribution < 1.29 is 5.11 Å². The summed E-state index contributed by atoms with van der Waals surface area (Å²) in [5.41, 5.74) is 1.10. The van der Waals surface area contributed by atoms with E-state index in [2.05, 4.69) is 9.88 Å². The Bertz CT molecular complexity index is 236. The lowest BCUT2D eigenvalue weighted by atomic mass is 10.0. The largest absolute Gasteiger partial charge is 0.396 e.